The number of nitrogens with zero attached hydrogens (tertiary/aromatic N) is 1. The number of nitrogens with one attached hydrogen (secondary N) is 1. The van der Waals surface area contributed by atoms with E-state index in [1.54, 1.807) is 24.3 Å². The fraction of sp³-hybridized carbons (Fsp3) is 0.238. The molecule has 0 saturated heterocycles. The van der Waals surface area contributed by atoms with Crippen molar-refractivity contribution in [1.29, 1.82) is 5.26 Å². The summed E-state index contributed by atoms with van der Waals surface area (Å²) in [6.45, 7) is 4.21. The quantitative estimate of drug-likeness (QED) is 0.622. The lowest BCUT2D eigenvalue weighted by Crippen LogP contribution is -2.11. The summed E-state index contributed by atoms with van der Waals surface area (Å²) in [5.74, 6) is 0.278. The molecule has 3 aromatic rings. The van der Waals surface area contributed by atoms with Crippen LogP contribution in [0.1, 0.15) is 31.4 Å². The summed E-state index contributed by atoms with van der Waals surface area (Å²) in [6, 6.07) is 12.8. The van der Waals surface area contributed by atoms with Crippen LogP contribution in [0.25, 0.3) is 22.2 Å². The van der Waals surface area contributed by atoms with E-state index in [0.717, 1.165) is 16.6 Å². The van der Waals surface area contributed by atoms with E-state index in [9.17, 15) is 10.1 Å². The van der Waals surface area contributed by atoms with Gasteiger partial charge in [-0.3, -0.25) is 4.79 Å². The predicted octanol–water partition coefficient (Wildman–Crippen LogP) is 4.77. The van der Waals surface area contributed by atoms with Crippen LogP contribution in [-0.4, -0.2) is 11.0 Å². The fourth-order valence-electron chi connectivity index (χ4n) is 2.92. The number of fused-ring (bicyclic) bond motifs is 1. The Labute approximate surface area is 162 Å². The van der Waals surface area contributed by atoms with Gasteiger partial charge in [-0.1, -0.05) is 31.5 Å². The van der Waals surface area contributed by atoms with Crippen molar-refractivity contribution >= 4 is 28.5 Å². The van der Waals surface area contributed by atoms with Gasteiger partial charge in [0.2, 0.25) is 0 Å². The Morgan fingerprint density at radius 1 is 1.30 bits per heavy atom. The number of nitrogens with two attached hydrogens (primary N) is 1. The Balaban J connectivity index is 2.17. The minimum atomic E-state index is -0.317. The molecule has 6 heteroatoms. The molecule has 0 radical (unpaired) electrons. The number of hydrogen-bond donors (Lipinski definition) is 2. The van der Waals surface area contributed by atoms with Crippen molar-refractivity contribution in [2.45, 2.75) is 26.8 Å². The lowest BCUT2D eigenvalue weighted by Gasteiger charge is -2.10. The molecule has 0 aliphatic carbocycles. The highest BCUT2D eigenvalue weighted by molar-refractivity contribution is 6.31. The molecule has 1 aromatic heterocycles. The number of halogens is 1. The Hall–Kier alpha value is -2.81. The summed E-state index contributed by atoms with van der Waals surface area (Å²) in [5, 5.41) is 10.5. The van der Waals surface area contributed by atoms with Crippen LogP contribution in [0.15, 0.2) is 36.4 Å². The average molecular weight is 382 g/mol. The van der Waals surface area contributed by atoms with E-state index in [1.165, 1.54) is 0 Å². The van der Waals surface area contributed by atoms with E-state index in [1.807, 2.05) is 26.0 Å². The first kappa shape index (κ1) is 19.0. The number of aromatic nitrogens is 1. The van der Waals surface area contributed by atoms with E-state index in [0.29, 0.717) is 40.4 Å². The third-order valence-electron chi connectivity index (χ3n) is 4.23. The predicted molar refractivity (Wildman–Crippen MR) is 106 cm³/mol. The van der Waals surface area contributed by atoms with Crippen molar-refractivity contribution < 1.29 is 9.53 Å². The molecular weight excluding hydrogens is 362 g/mol. The summed E-state index contributed by atoms with van der Waals surface area (Å²) in [6.07, 6.45) is 0.304. The van der Waals surface area contributed by atoms with E-state index >= 15 is 0 Å². The molecule has 27 heavy (non-hydrogen) atoms. The molecule has 0 saturated carbocycles. The van der Waals surface area contributed by atoms with Crippen LogP contribution < -0.4 is 10.5 Å². The first-order valence-corrected chi connectivity index (χ1v) is 9.06. The van der Waals surface area contributed by atoms with Gasteiger partial charge in [0.25, 0.3) is 0 Å². The number of nitriles is 1. The topological polar surface area (TPSA) is 91.9 Å². The highest BCUT2D eigenvalue weighted by Crippen LogP contribution is 2.39. The van der Waals surface area contributed by atoms with Gasteiger partial charge in [0, 0.05) is 34.5 Å². The van der Waals surface area contributed by atoms with E-state index in [2.05, 4.69) is 11.1 Å². The number of rotatable bonds is 5. The summed E-state index contributed by atoms with van der Waals surface area (Å²) < 4.78 is 5.72. The Bertz CT molecular complexity index is 1050. The van der Waals surface area contributed by atoms with Crippen molar-refractivity contribution in [3.8, 4) is 23.1 Å². The second-order valence-electron chi connectivity index (χ2n) is 6.78. The van der Waals surface area contributed by atoms with E-state index < -0.39 is 0 Å². The molecule has 0 unspecified atom stereocenters. The van der Waals surface area contributed by atoms with Crippen molar-refractivity contribution in [2.75, 3.05) is 0 Å². The Morgan fingerprint density at radius 3 is 2.74 bits per heavy atom. The van der Waals surface area contributed by atoms with Gasteiger partial charge in [0.15, 0.2) is 5.75 Å². The summed E-state index contributed by atoms with van der Waals surface area (Å²) in [5.41, 5.74) is 9.30. The normalized spacial score (nSPS) is 11.0. The second-order valence-corrected chi connectivity index (χ2v) is 7.19. The van der Waals surface area contributed by atoms with Gasteiger partial charge in [-0.2, -0.15) is 5.26 Å². The molecule has 0 spiro atoms. The number of hydrogen-bond acceptors (Lipinski definition) is 4. The molecule has 1 heterocycles. The molecular formula is C21H20ClN3O2. The highest BCUT2D eigenvalue weighted by Gasteiger charge is 2.19. The Kier molecular flexibility index (Phi) is 5.50. The SMILES string of the molecule is CC(C)CC(=O)Oc1c(-c2ccc(Cl)c(CN)c2)[nH]c2ccc(C#N)cc12. The van der Waals surface area contributed by atoms with Crippen molar-refractivity contribution in [3.63, 3.8) is 0 Å². The number of benzene rings is 2. The van der Waals surface area contributed by atoms with Crippen molar-refractivity contribution in [2.24, 2.45) is 11.7 Å². The maximum Gasteiger partial charge on any atom is 0.311 e. The number of H-pyrrole nitrogens is 1. The summed E-state index contributed by atoms with van der Waals surface area (Å²) >= 11 is 6.17. The van der Waals surface area contributed by atoms with E-state index in [-0.39, 0.29) is 11.9 Å². The molecule has 3 rings (SSSR count). The van der Waals surface area contributed by atoms with Crippen LogP contribution in [0.3, 0.4) is 0 Å². The van der Waals surface area contributed by atoms with Crippen LogP contribution in [0.2, 0.25) is 5.02 Å². The van der Waals surface area contributed by atoms with E-state index in [4.69, 9.17) is 22.1 Å². The highest BCUT2D eigenvalue weighted by atomic mass is 35.5. The maximum atomic E-state index is 12.3. The van der Waals surface area contributed by atoms with Gasteiger partial charge in [0.05, 0.1) is 17.3 Å². The number of aromatic amines is 1. The van der Waals surface area contributed by atoms with Gasteiger partial charge >= 0.3 is 5.97 Å². The smallest absolute Gasteiger partial charge is 0.311 e. The molecule has 0 amide bonds. The third-order valence-corrected chi connectivity index (χ3v) is 4.59. The molecule has 3 N–H and O–H groups in total. The van der Waals surface area contributed by atoms with Gasteiger partial charge in [-0.25, -0.2) is 0 Å². The molecule has 0 bridgehead atoms. The van der Waals surface area contributed by atoms with Crippen LogP contribution in [0.4, 0.5) is 0 Å². The lowest BCUT2D eigenvalue weighted by molar-refractivity contribution is -0.135. The van der Waals surface area contributed by atoms with Gasteiger partial charge in [-0.15, -0.1) is 0 Å². The molecule has 0 fully saturated rings. The van der Waals surface area contributed by atoms with Crippen LogP contribution in [0, 0.1) is 17.2 Å². The van der Waals surface area contributed by atoms with Crippen LogP contribution in [0.5, 0.6) is 5.75 Å². The zero-order valence-corrected chi connectivity index (χ0v) is 15.9. The molecule has 0 aliphatic rings. The first-order valence-electron chi connectivity index (χ1n) is 8.68. The van der Waals surface area contributed by atoms with Gasteiger partial charge in [0.1, 0.15) is 0 Å². The average Bonchev–Trinajstić information content (AvgIpc) is 2.99. The zero-order valence-electron chi connectivity index (χ0n) is 15.2. The largest absolute Gasteiger partial charge is 0.424 e. The Morgan fingerprint density at radius 2 is 2.07 bits per heavy atom. The first-order chi connectivity index (χ1) is 12.9. The fourth-order valence-corrected chi connectivity index (χ4v) is 3.12. The van der Waals surface area contributed by atoms with Crippen molar-refractivity contribution in [3.05, 3.63) is 52.5 Å². The number of carbonyl (C=O) groups is 1. The molecule has 2 aromatic carbocycles. The number of carbonyl (C=O) groups excluding carboxylic acids is 1. The van der Waals surface area contributed by atoms with Gasteiger partial charge in [-0.05, 0) is 41.8 Å². The second kappa shape index (κ2) is 7.83. The standard InChI is InChI=1S/C21H20ClN3O2/c1-12(2)7-19(26)27-21-16-8-13(10-23)3-6-18(16)25-20(21)14-4-5-17(22)15(9-14)11-24/h3-6,8-9,12,25H,7,11,24H2,1-2H3. The maximum absolute atomic E-state index is 12.3. The van der Waals surface area contributed by atoms with Crippen LogP contribution >= 0.6 is 11.6 Å². The minimum Gasteiger partial charge on any atom is -0.424 e. The van der Waals surface area contributed by atoms with Crippen molar-refractivity contribution in [1.82, 2.24) is 4.98 Å². The zero-order chi connectivity index (χ0) is 19.6. The monoisotopic (exact) mass is 381 g/mol. The summed E-state index contributed by atoms with van der Waals surface area (Å²) in [7, 11) is 0. The molecule has 0 aliphatic heterocycles. The summed E-state index contributed by atoms with van der Waals surface area (Å²) in [4.78, 5) is 15.6. The van der Waals surface area contributed by atoms with Crippen LogP contribution in [-0.2, 0) is 11.3 Å². The molecule has 5 nitrogen and oxygen atoms in total. The number of esters is 1. The third kappa shape index (κ3) is 3.97. The lowest BCUT2D eigenvalue weighted by atomic mass is 10.1. The molecule has 0 atom stereocenters. The minimum absolute atomic E-state index is 0.181. The number of ether oxygens (including phenoxy) is 1. The molecule has 138 valence electrons. The van der Waals surface area contributed by atoms with Gasteiger partial charge < -0.3 is 15.5 Å².